The van der Waals surface area contributed by atoms with Crippen molar-refractivity contribution in [3.63, 3.8) is 0 Å². The maximum Gasteiger partial charge on any atom is 0.215 e. The van der Waals surface area contributed by atoms with Crippen LogP contribution in [0.5, 0.6) is 0 Å². The van der Waals surface area contributed by atoms with Crippen LogP contribution in [-0.2, 0) is 0 Å². The highest BCUT2D eigenvalue weighted by atomic mass is 35.5. The lowest BCUT2D eigenvalue weighted by Gasteiger charge is -2.10. The van der Waals surface area contributed by atoms with Crippen molar-refractivity contribution in [3.8, 4) is 0 Å². The molecule has 6 heteroatoms. The molecule has 0 spiro atoms. The minimum absolute atomic E-state index is 0.0992. The minimum Gasteiger partial charge on any atom is -0.287 e. The number of rotatable bonds is 3. The first-order valence-corrected chi connectivity index (χ1v) is 6.02. The van der Waals surface area contributed by atoms with Gasteiger partial charge >= 0.3 is 0 Å². The molecule has 0 N–H and O–H groups in total. The van der Waals surface area contributed by atoms with Crippen LogP contribution in [0.15, 0.2) is 24.4 Å². The second-order valence-corrected chi connectivity index (χ2v) is 4.74. The maximum atomic E-state index is 13.6. The topological polar surface area (TPSA) is 34.9 Å². The summed E-state index contributed by atoms with van der Waals surface area (Å²) in [6, 6.07) is 2.69. The van der Waals surface area contributed by atoms with Gasteiger partial charge in [0.15, 0.2) is 0 Å². The number of carbonyl (C=O) groups excluding carboxylic acids is 1. The molecule has 0 aliphatic rings. The first-order valence-electron chi connectivity index (χ1n) is 5.64. The molecule has 0 amide bonds. The van der Waals surface area contributed by atoms with Crippen molar-refractivity contribution in [1.82, 2.24) is 9.78 Å². The first kappa shape index (κ1) is 13.7. The van der Waals surface area contributed by atoms with Gasteiger partial charge in [-0.2, -0.15) is 5.10 Å². The van der Waals surface area contributed by atoms with Crippen molar-refractivity contribution in [2.75, 3.05) is 0 Å². The number of aromatic nitrogens is 2. The van der Waals surface area contributed by atoms with Crippen molar-refractivity contribution >= 4 is 17.4 Å². The third-order valence-corrected chi connectivity index (χ3v) is 2.91. The molecule has 0 bridgehead atoms. The zero-order chi connectivity index (χ0) is 14.2. The molecule has 1 heterocycles. The Bertz CT molecular complexity index is 638. The van der Waals surface area contributed by atoms with Gasteiger partial charge in [0, 0.05) is 12.1 Å². The van der Waals surface area contributed by atoms with Crippen LogP contribution in [0.25, 0.3) is 0 Å². The first-order chi connectivity index (χ1) is 8.91. The van der Waals surface area contributed by atoms with Crippen molar-refractivity contribution in [2.24, 2.45) is 0 Å². The summed E-state index contributed by atoms with van der Waals surface area (Å²) in [7, 11) is 0. The molecule has 0 unspecified atom stereocenters. The number of hydrogen-bond acceptors (Lipinski definition) is 2. The van der Waals surface area contributed by atoms with E-state index in [2.05, 4.69) is 5.10 Å². The van der Waals surface area contributed by atoms with Crippen LogP contribution in [0.2, 0.25) is 5.02 Å². The molecule has 0 aliphatic heterocycles. The van der Waals surface area contributed by atoms with E-state index < -0.39 is 17.4 Å². The molecule has 0 fully saturated rings. The van der Waals surface area contributed by atoms with Gasteiger partial charge in [-0.1, -0.05) is 11.6 Å². The summed E-state index contributed by atoms with van der Waals surface area (Å²) in [5, 5.41) is 4.12. The molecule has 3 nitrogen and oxygen atoms in total. The quantitative estimate of drug-likeness (QED) is 0.807. The summed E-state index contributed by atoms with van der Waals surface area (Å²) in [6.45, 7) is 3.64. The van der Waals surface area contributed by atoms with Gasteiger partial charge < -0.3 is 0 Å². The highest BCUT2D eigenvalue weighted by molar-refractivity contribution is 6.34. The van der Waals surface area contributed by atoms with E-state index in [4.69, 9.17) is 11.6 Å². The molecule has 2 rings (SSSR count). The normalized spacial score (nSPS) is 11.1. The van der Waals surface area contributed by atoms with Gasteiger partial charge in [0.2, 0.25) is 5.78 Å². The highest BCUT2D eigenvalue weighted by Crippen LogP contribution is 2.23. The monoisotopic (exact) mass is 284 g/mol. The Morgan fingerprint density at radius 3 is 2.63 bits per heavy atom. The maximum absolute atomic E-state index is 13.6. The summed E-state index contributed by atoms with van der Waals surface area (Å²) in [4.78, 5) is 12.3. The van der Waals surface area contributed by atoms with Gasteiger partial charge in [-0.25, -0.2) is 8.78 Å². The lowest BCUT2D eigenvalue weighted by molar-refractivity contribution is 0.102. The smallest absolute Gasteiger partial charge is 0.215 e. The average molecular weight is 285 g/mol. The Labute approximate surface area is 113 Å². The van der Waals surface area contributed by atoms with Gasteiger partial charge in [-0.05, 0) is 26.0 Å². The van der Waals surface area contributed by atoms with Gasteiger partial charge in [0.1, 0.15) is 17.3 Å². The van der Waals surface area contributed by atoms with Crippen molar-refractivity contribution in [3.05, 3.63) is 52.3 Å². The number of benzene rings is 1. The molecule has 0 aliphatic carbocycles. The molecule has 0 atom stereocenters. The molecule has 19 heavy (non-hydrogen) atoms. The van der Waals surface area contributed by atoms with E-state index in [0.29, 0.717) is 6.07 Å². The van der Waals surface area contributed by atoms with E-state index in [-0.39, 0.29) is 22.3 Å². The molecule has 0 saturated carbocycles. The average Bonchev–Trinajstić information content (AvgIpc) is 2.70. The summed E-state index contributed by atoms with van der Waals surface area (Å²) in [5.41, 5.74) is -0.132. The summed E-state index contributed by atoms with van der Waals surface area (Å²) >= 11 is 5.92. The van der Waals surface area contributed by atoms with Gasteiger partial charge in [-0.3, -0.25) is 9.48 Å². The fourth-order valence-corrected chi connectivity index (χ4v) is 1.96. The fraction of sp³-hybridized carbons (Fsp3) is 0.231. The fourth-order valence-electron chi connectivity index (χ4n) is 1.75. The number of carbonyl (C=O) groups is 1. The van der Waals surface area contributed by atoms with Gasteiger partial charge in [0.25, 0.3) is 0 Å². The second-order valence-electron chi connectivity index (χ2n) is 4.33. The van der Waals surface area contributed by atoms with Crippen LogP contribution in [0.1, 0.15) is 35.9 Å². The van der Waals surface area contributed by atoms with Crippen molar-refractivity contribution < 1.29 is 13.6 Å². The van der Waals surface area contributed by atoms with Gasteiger partial charge in [0.05, 0.1) is 16.8 Å². The van der Waals surface area contributed by atoms with E-state index in [1.165, 1.54) is 10.9 Å². The van der Waals surface area contributed by atoms with Crippen molar-refractivity contribution in [2.45, 2.75) is 19.9 Å². The minimum atomic E-state index is -0.919. The van der Waals surface area contributed by atoms with E-state index in [9.17, 15) is 13.6 Å². The SMILES string of the molecule is CC(C)n1ncc(Cl)c1C(=O)c1ccc(F)cc1F. The van der Waals surface area contributed by atoms with Crippen LogP contribution in [0.4, 0.5) is 8.78 Å². The Morgan fingerprint density at radius 1 is 1.37 bits per heavy atom. The lowest BCUT2D eigenvalue weighted by atomic mass is 10.1. The molecule has 0 radical (unpaired) electrons. The van der Waals surface area contributed by atoms with E-state index in [1.807, 2.05) is 13.8 Å². The zero-order valence-corrected chi connectivity index (χ0v) is 11.1. The third kappa shape index (κ3) is 2.51. The van der Waals surface area contributed by atoms with Crippen LogP contribution < -0.4 is 0 Å². The number of halogens is 3. The van der Waals surface area contributed by atoms with Crippen LogP contribution >= 0.6 is 11.6 Å². The number of nitrogens with zero attached hydrogens (tertiary/aromatic N) is 2. The number of ketones is 1. The second kappa shape index (κ2) is 5.09. The molecule has 2 aromatic rings. The largest absolute Gasteiger partial charge is 0.287 e. The zero-order valence-electron chi connectivity index (χ0n) is 10.3. The molecule has 0 saturated heterocycles. The van der Waals surface area contributed by atoms with E-state index in [1.54, 1.807) is 0 Å². The van der Waals surface area contributed by atoms with Crippen LogP contribution in [0, 0.1) is 11.6 Å². The van der Waals surface area contributed by atoms with E-state index in [0.717, 1.165) is 12.1 Å². The molecular formula is C13H11ClF2N2O. The summed E-state index contributed by atoms with van der Waals surface area (Å²) in [5.74, 6) is -2.27. The Balaban J connectivity index is 2.53. The molecule has 100 valence electrons. The standard InChI is InChI=1S/C13H11ClF2N2O/c1-7(2)18-12(10(14)6-17-18)13(19)9-4-3-8(15)5-11(9)16/h3-7H,1-2H3. The predicted octanol–water partition coefficient (Wildman–Crippen LogP) is 3.63. The van der Waals surface area contributed by atoms with Crippen LogP contribution in [0.3, 0.4) is 0 Å². The molecule has 1 aromatic heterocycles. The lowest BCUT2D eigenvalue weighted by Crippen LogP contribution is -2.15. The highest BCUT2D eigenvalue weighted by Gasteiger charge is 2.23. The van der Waals surface area contributed by atoms with E-state index >= 15 is 0 Å². The van der Waals surface area contributed by atoms with Crippen molar-refractivity contribution in [1.29, 1.82) is 0 Å². The molecular weight excluding hydrogens is 274 g/mol. The number of hydrogen-bond donors (Lipinski definition) is 0. The molecule has 1 aromatic carbocycles. The summed E-state index contributed by atoms with van der Waals surface area (Å²) < 4.78 is 27.9. The third-order valence-electron chi connectivity index (χ3n) is 2.63. The Kier molecular flexibility index (Phi) is 3.66. The van der Waals surface area contributed by atoms with Crippen LogP contribution in [-0.4, -0.2) is 15.6 Å². The van der Waals surface area contributed by atoms with Gasteiger partial charge in [-0.15, -0.1) is 0 Å². The Hall–Kier alpha value is -1.75. The Morgan fingerprint density at radius 2 is 2.05 bits per heavy atom. The summed E-state index contributed by atoms with van der Waals surface area (Å²) in [6.07, 6.45) is 1.33. The predicted molar refractivity (Wildman–Crippen MR) is 67.4 cm³/mol.